The Bertz CT molecular complexity index is 732. The maximum atomic E-state index is 13.3. The third kappa shape index (κ3) is 4.56. The van der Waals surface area contributed by atoms with Crippen LogP contribution in [0.4, 0.5) is 14.9 Å². The molecule has 2 rings (SSSR count). The molecule has 0 unspecified atom stereocenters. The number of aromatic nitrogens is 1. The average molecular weight is 357 g/mol. The Balaban J connectivity index is 2.33. The van der Waals surface area contributed by atoms with Crippen molar-refractivity contribution < 1.29 is 13.9 Å². The molecule has 0 aliphatic carbocycles. The Morgan fingerprint density at radius 3 is 2.65 bits per heavy atom. The summed E-state index contributed by atoms with van der Waals surface area (Å²) in [6, 6.07) is 7.86. The molecule has 0 radical (unpaired) electrons. The molecule has 0 spiro atoms. The lowest BCUT2D eigenvalue weighted by molar-refractivity contribution is 0.0609. The van der Waals surface area contributed by atoms with Crippen LogP contribution in [0, 0.1) is 5.95 Å². The second-order valence-corrected chi connectivity index (χ2v) is 6.54. The van der Waals surface area contributed by atoms with E-state index in [9.17, 15) is 9.18 Å². The molecule has 23 heavy (non-hydrogen) atoms. The summed E-state index contributed by atoms with van der Waals surface area (Å²) in [5, 5.41) is 0.293. The van der Waals surface area contributed by atoms with Gasteiger partial charge in [0.05, 0.1) is 10.7 Å². The van der Waals surface area contributed by atoms with Crippen molar-refractivity contribution in [2.45, 2.75) is 26.4 Å². The monoisotopic (exact) mass is 356 g/mol. The minimum absolute atomic E-state index is 0.293. The van der Waals surface area contributed by atoms with Gasteiger partial charge in [-0.15, -0.1) is 0 Å². The highest BCUT2D eigenvalue weighted by molar-refractivity contribution is 6.35. The fourth-order valence-corrected chi connectivity index (χ4v) is 2.19. The fourth-order valence-electron chi connectivity index (χ4n) is 1.84. The maximum Gasteiger partial charge on any atom is 0.429 e. The van der Waals surface area contributed by atoms with Crippen LogP contribution in [0.2, 0.25) is 5.02 Å². The largest absolute Gasteiger partial charge is 0.443 e. The molecule has 1 aromatic carbocycles. The minimum Gasteiger partial charge on any atom is -0.443 e. The molecule has 0 saturated heterocycles. The number of pyridine rings is 1. The van der Waals surface area contributed by atoms with Crippen molar-refractivity contribution >= 4 is 35.2 Å². The van der Waals surface area contributed by atoms with Crippen LogP contribution in [0.5, 0.6) is 0 Å². The van der Waals surface area contributed by atoms with Crippen LogP contribution in [0.25, 0.3) is 11.1 Å². The summed E-state index contributed by atoms with van der Waals surface area (Å²) in [6.07, 6.45) is 0.522. The molecular formula is C16H15Cl2FN2O2. The van der Waals surface area contributed by atoms with E-state index in [-0.39, 0.29) is 0 Å². The highest BCUT2D eigenvalue weighted by atomic mass is 35.5. The van der Waals surface area contributed by atoms with Gasteiger partial charge in [-0.25, -0.2) is 9.78 Å². The summed E-state index contributed by atoms with van der Waals surface area (Å²) >= 11 is 12.1. The van der Waals surface area contributed by atoms with Crippen molar-refractivity contribution in [1.82, 2.24) is 4.98 Å². The van der Waals surface area contributed by atoms with Gasteiger partial charge in [0.15, 0.2) is 0 Å². The third-order valence-corrected chi connectivity index (χ3v) is 3.39. The standard InChI is InChI=1S/C16H15Cl2FN2O2/c1-16(2,3)23-15(22)21(18)11-6-4-5-10(7-11)12-8-14(19)20-9-13(12)17/h4-9H,1-3H3. The third-order valence-electron chi connectivity index (χ3n) is 2.76. The summed E-state index contributed by atoms with van der Waals surface area (Å²) in [4.78, 5) is 15.5. The van der Waals surface area contributed by atoms with Crippen LogP contribution in [0.3, 0.4) is 0 Å². The van der Waals surface area contributed by atoms with Gasteiger partial charge in [-0.1, -0.05) is 23.7 Å². The van der Waals surface area contributed by atoms with Crippen molar-refractivity contribution in [3.05, 3.63) is 47.5 Å². The van der Waals surface area contributed by atoms with Crippen LogP contribution < -0.4 is 4.42 Å². The Hall–Kier alpha value is -1.85. The lowest BCUT2D eigenvalue weighted by Crippen LogP contribution is -2.31. The van der Waals surface area contributed by atoms with Gasteiger partial charge in [-0.05, 0) is 38.5 Å². The summed E-state index contributed by atoms with van der Waals surface area (Å²) < 4.78 is 19.4. The first-order valence-electron chi connectivity index (χ1n) is 6.78. The summed E-state index contributed by atoms with van der Waals surface area (Å²) in [6.45, 7) is 5.22. The molecule has 0 bridgehead atoms. The van der Waals surface area contributed by atoms with E-state index in [0.717, 1.165) is 4.42 Å². The molecular weight excluding hydrogens is 342 g/mol. The van der Waals surface area contributed by atoms with Gasteiger partial charge < -0.3 is 4.74 Å². The number of anilines is 1. The number of ether oxygens (including phenoxy) is 1. The Morgan fingerprint density at radius 2 is 2.00 bits per heavy atom. The number of carbonyl (C=O) groups excluding carboxylic acids is 1. The number of benzene rings is 1. The lowest BCUT2D eigenvalue weighted by atomic mass is 10.1. The first kappa shape index (κ1) is 17.5. The van der Waals surface area contributed by atoms with Crippen LogP contribution in [0.1, 0.15) is 20.8 Å². The number of amides is 1. The van der Waals surface area contributed by atoms with E-state index in [2.05, 4.69) is 4.98 Å². The van der Waals surface area contributed by atoms with E-state index >= 15 is 0 Å². The molecule has 0 saturated carbocycles. The smallest absolute Gasteiger partial charge is 0.429 e. The zero-order chi connectivity index (χ0) is 17.2. The van der Waals surface area contributed by atoms with Crippen LogP contribution in [-0.2, 0) is 4.74 Å². The van der Waals surface area contributed by atoms with Crippen molar-refractivity contribution in [2.24, 2.45) is 0 Å². The SMILES string of the molecule is CC(C)(C)OC(=O)N(Cl)c1cccc(-c2cc(F)ncc2Cl)c1. The summed E-state index contributed by atoms with van der Waals surface area (Å²) in [5.74, 6) is -0.648. The van der Waals surface area contributed by atoms with Crippen LogP contribution >= 0.6 is 23.4 Å². The van der Waals surface area contributed by atoms with E-state index in [1.54, 1.807) is 45.0 Å². The molecule has 0 aliphatic heterocycles. The number of nitrogens with zero attached hydrogens (tertiary/aromatic N) is 2. The quantitative estimate of drug-likeness (QED) is 0.531. The van der Waals surface area contributed by atoms with Crippen molar-refractivity contribution in [2.75, 3.05) is 4.42 Å². The molecule has 0 atom stereocenters. The normalized spacial score (nSPS) is 11.2. The van der Waals surface area contributed by atoms with Crippen LogP contribution in [0.15, 0.2) is 36.5 Å². The molecule has 0 fully saturated rings. The van der Waals surface area contributed by atoms with Gasteiger partial charge in [0.1, 0.15) is 5.60 Å². The first-order chi connectivity index (χ1) is 10.7. The van der Waals surface area contributed by atoms with E-state index in [0.29, 0.717) is 21.8 Å². The number of carbonyl (C=O) groups is 1. The molecule has 4 nitrogen and oxygen atoms in total. The van der Waals surface area contributed by atoms with Crippen molar-refractivity contribution in [3.8, 4) is 11.1 Å². The maximum absolute atomic E-state index is 13.3. The van der Waals surface area contributed by atoms with Gasteiger partial charge in [-0.2, -0.15) is 8.81 Å². The molecule has 1 heterocycles. The zero-order valence-electron chi connectivity index (χ0n) is 12.8. The number of rotatable bonds is 2. The molecule has 7 heteroatoms. The predicted molar refractivity (Wildman–Crippen MR) is 89.2 cm³/mol. The molecule has 1 aromatic heterocycles. The second-order valence-electron chi connectivity index (χ2n) is 5.80. The Morgan fingerprint density at radius 1 is 1.30 bits per heavy atom. The number of hydrogen-bond acceptors (Lipinski definition) is 3. The molecule has 122 valence electrons. The molecule has 0 aliphatic rings. The van der Waals surface area contributed by atoms with E-state index in [1.807, 2.05) is 0 Å². The number of hydrogen-bond donors (Lipinski definition) is 0. The van der Waals surface area contributed by atoms with Crippen molar-refractivity contribution in [1.29, 1.82) is 0 Å². The van der Waals surface area contributed by atoms with Gasteiger partial charge in [0.25, 0.3) is 0 Å². The average Bonchev–Trinajstić information content (AvgIpc) is 2.47. The first-order valence-corrected chi connectivity index (χ1v) is 7.49. The van der Waals surface area contributed by atoms with Gasteiger partial charge in [0, 0.05) is 29.6 Å². The zero-order valence-corrected chi connectivity index (χ0v) is 14.3. The highest BCUT2D eigenvalue weighted by Gasteiger charge is 2.22. The fraction of sp³-hybridized carbons (Fsp3) is 0.250. The van der Waals surface area contributed by atoms with E-state index in [4.69, 9.17) is 28.1 Å². The van der Waals surface area contributed by atoms with E-state index < -0.39 is 17.6 Å². The van der Waals surface area contributed by atoms with Gasteiger partial charge in [0.2, 0.25) is 5.95 Å². The second kappa shape index (κ2) is 6.72. The minimum atomic E-state index is -0.705. The van der Waals surface area contributed by atoms with Crippen molar-refractivity contribution in [3.63, 3.8) is 0 Å². The summed E-state index contributed by atoms with van der Waals surface area (Å²) in [7, 11) is 0. The topological polar surface area (TPSA) is 42.4 Å². The summed E-state index contributed by atoms with van der Waals surface area (Å²) in [5.41, 5.74) is 0.768. The number of halogens is 3. The predicted octanol–water partition coefficient (Wildman–Crippen LogP) is 5.44. The van der Waals surface area contributed by atoms with E-state index in [1.165, 1.54) is 12.3 Å². The molecule has 1 amide bonds. The lowest BCUT2D eigenvalue weighted by Gasteiger charge is -2.23. The highest BCUT2D eigenvalue weighted by Crippen LogP contribution is 2.31. The van der Waals surface area contributed by atoms with Gasteiger partial charge >= 0.3 is 6.09 Å². The molecule has 2 aromatic rings. The van der Waals surface area contributed by atoms with Gasteiger partial charge in [-0.3, -0.25) is 0 Å². The van der Waals surface area contributed by atoms with Crippen LogP contribution in [-0.4, -0.2) is 16.7 Å². The Labute approximate surface area is 143 Å². The Kier molecular flexibility index (Phi) is 5.12. The molecule has 0 N–H and O–H groups in total.